The number of methoxy groups -OCH3 is 1. The number of rotatable bonds is 4. The Morgan fingerprint density at radius 2 is 1.88 bits per heavy atom. The summed E-state index contributed by atoms with van der Waals surface area (Å²) < 4.78 is 10.6. The third-order valence-electron chi connectivity index (χ3n) is 4.51. The topological polar surface area (TPSA) is 71.7 Å². The summed E-state index contributed by atoms with van der Waals surface area (Å²) in [5.74, 6) is -0.410. The number of piperazine rings is 1. The Balaban J connectivity index is 1.38. The molecule has 0 radical (unpaired) electrons. The van der Waals surface area contributed by atoms with Gasteiger partial charge >= 0.3 is 5.97 Å². The van der Waals surface area contributed by atoms with Crippen LogP contribution in [0.1, 0.15) is 16.2 Å². The minimum absolute atomic E-state index is 0.343. The maximum absolute atomic E-state index is 11.6. The van der Waals surface area contributed by atoms with E-state index >= 15 is 0 Å². The molecule has 7 heteroatoms. The van der Waals surface area contributed by atoms with E-state index in [0.717, 1.165) is 43.0 Å². The number of nitrogens with zero attached hydrogens (tertiary/aromatic N) is 4. The maximum atomic E-state index is 11.6. The molecule has 134 valence electrons. The molecule has 0 aliphatic carbocycles. The van der Waals surface area contributed by atoms with Crippen molar-refractivity contribution in [2.75, 3.05) is 38.2 Å². The van der Waals surface area contributed by atoms with Gasteiger partial charge in [0.1, 0.15) is 11.2 Å². The lowest BCUT2D eigenvalue weighted by molar-refractivity contribution is 0.0593. The molecule has 1 fully saturated rings. The molecule has 1 aromatic carbocycles. The summed E-state index contributed by atoms with van der Waals surface area (Å²) in [7, 11) is 1.36. The highest BCUT2D eigenvalue weighted by Crippen LogP contribution is 2.22. The molecule has 3 heterocycles. The summed E-state index contributed by atoms with van der Waals surface area (Å²) in [4.78, 5) is 25.0. The number of carbonyl (C=O) groups excluding carboxylic acids is 1. The predicted octanol–water partition coefficient (Wildman–Crippen LogP) is 2.33. The zero-order chi connectivity index (χ0) is 17.9. The number of hydrogen-bond donors (Lipinski definition) is 0. The van der Waals surface area contributed by atoms with Crippen molar-refractivity contribution in [1.82, 2.24) is 14.9 Å². The van der Waals surface area contributed by atoms with Crippen molar-refractivity contribution < 1.29 is 13.9 Å². The van der Waals surface area contributed by atoms with Crippen LogP contribution in [0.25, 0.3) is 11.1 Å². The average molecular weight is 352 g/mol. The third-order valence-corrected chi connectivity index (χ3v) is 4.51. The van der Waals surface area contributed by atoms with E-state index in [2.05, 4.69) is 19.8 Å². The molecule has 0 saturated carbocycles. The van der Waals surface area contributed by atoms with Gasteiger partial charge in [0.2, 0.25) is 0 Å². The normalized spacial score (nSPS) is 15.3. The molecule has 0 N–H and O–H groups in total. The van der Waals surface area contributed by atoms with E-state index in [9.17, 15) is 4.79 Å². The summed E-state index contributed by atoms with van der Waals surface area (Å²) in [6.45, 7) is 4.13. The number of anilines is 1. The highest BCUT2D eigenvalue weighted by Gasteiger charge is 2.21. The second-order valence-corrected chi connectivity index (χ2v) is 6.23. The van der Waals surface area contributed by atoms with Gasteiger partial charge in [-0.2, -0.15) is 4.98 Å². The van der Waals surface area contributed by atoms with Crippen molar-refractivity contribution in [2.45, 2.75) is 6.54 Å². The van der Waals surface area contributed by atoms with Gasteiger partial charge in [-0.15, -0.1) is 0 Å². The first-order valence-corrected chi connectivity index (χ1v) is 8.60. The number of hydrogen-bond acceptors (Lipinski definition) is 7. The molecule has 0 spiro atoms. The zero-order valence-corrected chi connectivity index (χ0v) is 14.6. The summed E-state index contributed by atoms with van der Waals surface area (Å²) in [6.07, 6.45) is 0. The fraction of sp³-hybridized carbons (Fsp3) is 0.316. The molecule has 2 aromatic heterocycles. The number of carbonyl (C=O) groups is 1. The number of ether oxygens (including phenoxy) is 1. The highest BCUT2D eigenvalue weighted by atomic mass is 16.5. The molecule has 0 bridgehead atoms. The Hall–Kier alpha value is -2.93. The van der Waals surface area contributed by atoms with Crippen LogP contribution in [0.2, 0.25) is 0 Å². The molecular formula is C19H20N4O3. The molecule has 0 amide bonds. The standard InChI is InChI=1S/C19H20N4O3/c1-25-18(24)16-7-4-5-14(20-16)13-22-9-11-23(12-10-22)19-21-15-6-2-3-8-17(15)26-19/h2-8H,9-13H2,1H3. The Morgan fingerprint density at radius 3 is 2.65 bits per heavy atom. The number of aromatic nitrogens is 2. The first-order valence-electron chi connectivity index (χ1n) is 8.60. The number of esters is 1. The fourth-order valence-electron chi connectivity index (χ4n) is 3.11. The van der Waals surface area contributed by atoms with E-state index in [-0.39, 0.29) is 0 Å². The zero-order valence-electron chi connectivity index (χ0n) is 14.6. The van der Waals surface area contributed by atoms with Crippen molar-refractivity contribution in [3.8, 4) is 0 Å². The molecule has 3 aromatic rings. The minimum atomic E-state index is -0.410. The first kappa shape index (κ1) is 16.5. The summed E-state index contributed by atoms with van der Waals surface area (Å²) in [5, 5.41) is 0. The quantitative estimate of drug-likeness (QED) is 0.667. The lowest BCUT2D eigenvalue weighted by Crippen LogP contribution is -2.46. The molecule has 0 unspecified atom stereocenters. The minimum Gasteiger partial charge on any atom is -0.464 e. The Morgan fingerprint density at radius 1 is 1.08 bits per heavy atom. The van der Waals surface area contributed by atoms with Crippen LogP contribution in [0.3, 0.4) is 0 Å². The molecule has 1 aliphatic heterocycles. The van der Waals surface area contributed by atoms with Crippen LogP contribution in [0, 0.1) is 0 Å². The summed E-state index contributed by atoms with van der Waals surface area (Å²) in [6, 6.07) is 13.9. The number of para-hydroxylation sites is 2. The van der Waals surface area contributed by atoms with Gasteiger partial charge in [-0.05, 0) is 24.3 Å². The Kier molecular flexibility index (Phi) is 4.53. The van der Waals surface area contributed by atoms with Crippen molar-refractivity contribution in [3.05, 3.63) is 53.9 Å². The molecule has 0 atom stereocenters. The Labute approximate surface area is 151 Å². The van der Waals surface area contributed by atoms with E-state index in [0.29, 0.717) is 18.3 Å². The molecule has 1 saturated heterocycles. The van der Waals surface area contributed by atoms with Gasteiger partial charge in [0.25, 0.3) is 6.01 Å². The third kappa shape index (κ3) is 3.39. The van der Waals surface area contributed by atoms with Gasteiger partial charge in [-0.1, -0.05) is 18.2 Å². The van der Waals surface area contributed by atoms with Gasteiger partial charge in [-0.3, -0.25) is 4.90 Å². The van der Waals surface area contributed by atoms with Gasteiger partial charge in [0, 0.05) is 32.7 Å². The van der Waals surface area contributed by atoms with Gasteiger partial charge < -0.3 is 14.1 Å². The maximum Gasteiger partial charge on any atom is 0.356 e. The van der Waals surface area contributed by atoms with E-state index in [1.165, 1.54) is 7.11 Å². The van der Waals surface area contributed by atoms with Gasteiger partial charge in [0.05, 0.1) is 12.8 Å². The second-order valence-electron chi connectivity index (χ2n) is 6.23. The average Bonchev–Trinajstić information content (AvgIpc) is 3.12. The smallest absolute Gasteiger partial charge is 0.356 e. The monoisotopic (exact) mass is 352 g/mol. The molecule has 1 aliphatic rings. The van der Waals surface area contributed by atoms with E-state index in [1.807, 2.05) is 36.4 Å². The summed E-state index contributed by atoms with van der Waals surface area (Å²) in [5.41, 5.74) is 2.90. The number of oxazole rings is 1. The SMILES string of the molecule is COC(=O)c1cccc(CN2CCN(c3nc4ccccc4o3)CC2)n1. The number of fused-ring (bicyclic) bond motifs is 1. The van der Waals surface area contributed by atoms with Crippen LogP contribution in [0.4, 0.5) is 6.01 Å². The molecule has 7 nitrogen and oxygen atoms in total. The molecule has 26 heavy (non-hydrogen) atoms. The van der Waals surface area contributed by atoms with Crippen LogP contribution in [0.5, 0.6) is 0 Å². The van der Waals surface area contributed by atoms with Gasteiger partial charge in [0.15, 0.2) is 5.58 Å². The van der Waals surface area contributed by atoms with Crippen LogP contribution in [0.15, 0.2) is 46.9 Å². The van der Waals surface area contributed by atoms with Crippen LogP contribution >= 0.6 is 0 Å². The van der Waals surface area contributed by atoms with Crippen molar-refractivity contribution in [2.24, 2.45) is 0 Å². The Bertz CT molecular complexity index is 883. The lowest BCUT2D eigenvalue weighted by atomic mass is 10.2. The van der Waals surface area contributed by atoms with E-state index in [4.69, 9.17) is 9.15 Å². The van der Waals surface area contributed by atoms with Crippen LogP contribution < -0.4 is 4.90 Å². The largest absolute Gasteiger partial charge is 0.464 e. The van der Waals surface area contributed by atoms with Crippen LogP contribution in [-0.2, 0) is 11.3 Å². The van der Waals surface area contributed by atoms with Crippen molar-refractivity contribution >= 4 is 23.1 Å². The lowest BCUT2D eigenvalue weighted by Gasteiger charge is -2.33. The molecule has 4 rings (SSSR count). The van der Waals surface area contributed by atoms with E-state index in [1.54, 1.807) is 6.07 Å². The van der Waals surface area contributed by atoms with Crippen LogP contribution in [-0.4, -0.2) is 54.1 Å². The highest BCUT2D eigenvalue weighted by molar-refractivity contribution is 5.87. The molecular weight excluding hydrogens is 332 g/mol. The number of pyridine rings is 1. The number of benzene rings is 1. The second kappa shape index (κ2) is 7.13. The van der Waals surface area contributed by atoms with Crippen molar-refractivity contribution in [3.63, 3.8) is 0 Å². The van der Waals surface area contributed by atoms with Gasteiger partial charge in [-0.25, -0.2) is 9.78 Å². The predicted molar refractivity (Wildman–Crippen MR) is 97.1 cm³/mol. The van der Waals surface area contributed by atoms with Crippen molar-refractivity contribution in [1.29, 1.82) is 0 Å². The first-order chi connectivity index (χ1) is 12.7. The summed E-state index contributed by atoms with van der Waals surface area (Å²) >= 11 is 0. The van der Waals surface area contributed by atoms with E-state index < -0.39 is 5.97 Å². The fourth-order valence-corrected chi connectivity index (χ4v) is 3.11.